The average Bonchev–Trinajstić information content (AvgIpc) is 2.75. The fourth-order valence-corrected chi connectivity index (χ4v) is 5.67. The van der Waals surface area contributed by atoms with Gasteiger partial charge in [0.2, 0.25) is 5.91 Å². The number of hydrogen-bond donors (Lipinski definition) is 1. The Balaban J connectivity index is 2.68. The Hall–Kier alpha value is -0.710. The van der Waals surface area contributed by atoms with Crippen molar-refractivity contribution in [2.45, 2.75) is 33.2 Å². The highest BCUT2D eigenvalue weighted by molar-refractivity contribution is 7.91. The molecule has 1 heterocycles. The number of carbonyl (C=O) groups excluding carboxylic acids is 1. The highest BCUT2D eigenvalue weighted by atomic mass is 32.2. The van der Waals surface area contributed by atoms with E-state index in [9.17, 15) is 21.6 Å². The number of carbonyl (C=O) groups is 1. The minimum Gasteiger partial charge on any atom is -0.351 e. The van der Waals surface area contributed by atoms with Crippen molar-refractivity contribution in [2.75, 3.05) is 37.7 Å². The Morgan fingerprint density at radius 1 is 1.14 bits per heavy atom. The molecule has 0 aliphatic carbocycles. The van der Waals surface area contributed by atoms with Crippen molar-refractivity contribution >= 4 is 26.0 Å². The predicted octanol–water partition coefficient (Wildman–Crippen LogP) is -0.802. The Labute approximate surface area is 133 Å². The van der Waals surface area contributed by atoms with Crippen LogP contribution in [0.25, 0.3) is 0 Å². The van der Waals surface area contributed by atoms with E-state index in [4.69, 9.17) is 0 Å². The molecule has 8 nitrogen and oxygen atoms in total. The van der Waals surface area contributed by atoms with Crippen molar-refractivity contribution in [3.05, 3.63) is 0 Å². The molecular weight excluding hydrogens is 330 g/mol. The van der Waals surface area contributed by atoms with Crippen molar-refractivity contribution in [1.29, 1.82) is 0 Å². The molecule has 0 aromatic heterocycles. The lowest BCUT2D eigenvalue weighted by atomic mass is 10.2. The molecule has 0 bridgehead atoms. The molecule has 0 radical (unpaired) electrons. The summed E-state index contributed by atoms with van der Waals surface area (Å²) in [5.74, 6) is -0.486. The van der Waals surface area contributed by atoms with Crippen LogP contribution >= 0.6 is 0 Å². The van der Waals surface area contributed by atoms with Crippen LogP contribution in [0.15, 0.2) is 0 Å². The zero-order valence-corrected chi connectivity index (χ0v) is 14.9. The van der Waals surface area contributed by atoms with Crippen molar-refractivity contribution in [1.82, 2.24) is 13.9 Å². The summed E-state index contributed by atoms with van der Waals surface area (Å²) in [5.41, 5.74) is 0. The molecule has 22 heavy (non-hydrogen) atoms. The fourth-order valence-electron chi connectivity index (χ4n) is 2.41. The maximum absolute atomic E-state index is 12.4. The fraction of sp³-hybridized carbons (Fsp3) is 0.917. The lowest BCUT2D eigenvalue weighted by Crippen LogP contribution is -2.49. The molecule has 1 unspecified atom stereocenters. The third-order valence-electron chi connectivity index (χ3n) is 3.63. The van der Waals surface area contributed by atoms with Gasteiger partial charge in [-0.2, -0.15) is 17.0 Å². The number of likely N-dealkylation sites (N-methyl/N-ethyl adjacent to an activating group) is 1. The summed E-state index contributed by atoms with van der Waals surface area (Å²) in [5, 5.41) is 2.60. The van der Waals surface area contributed by atoms with E-state index in [0.29, 0.717) is 19.5 Å². The van der Waals surface area contributed by atoms with Crippen molar-refractivity contribution in [3.63, 3.8) is 0 Å². The van der Waals surface area contributed by atoms with Crippen LogP contribution in [-0.2, 0) is 24.8 Å². The van der Waals surface area contributed by atoms with Gasteiger partial charge in [0, 0.05) is 25.7 Å². The summed E-state index contributed by atoms with van der Waals surface area (Å²) in [6, 6.07) is -0.424. The molecule has 1 N–H and O–H groups in total. The summed E-state index contributed by atoms with van der Waals surface area (Å²) in [7, 11) is -6.76. The number of hydrogen-bond acceptors (Lipinski definition) is 5. The first-order valence-corrected chi connectivity index (χ1v) is 10.6. The minimum absolute atomic E-state index is 0.0627. The molecular formula is C12H25N3O5S2. The molecule has 1 saturated heterocycles. The van der Waals surface area contributed by atoms with Crippen molar-refractivity contribution < 1.29 is 21.6 Å². The highest BCUT2D eigenvalue weighted by Gasteiger charge is 2.31. The van der Waals surface area contributed by atoms with E-state index < -0.39 is 32.0 Å². The van der Waals surface area contributed by atoms with Gasteiger partial charge in [-0.25, -0.2) is 8.42 Å². The summed E-state index contributed by atoms with van der Waals surface area (Å²) < 4.78 is 49.9. The quantitative estimate of drug-likeness (QED) is 0.614. The highest BCUT2D eigenvalue weighted by Crippen LogP contribution is 2.12. The maximum atomic E-state index is 12.4. The van der Waals surface area contributed by atoms with E-state index in [-0.39, 0.29) is 24.6 Å². The summed E-state index contributed by atoms with van der Waals surface area (Å²) >= 11 is 0. The standard InChI is InChI=1S/C12H25N3O5S2/c1-4-14(5-2)22(19,20)15(6-3)9-12(16)13-11-7-8-21(17,18)10-11/h11H,4-10H2,1-3H3,(H,13,16). The largest absolute Gasteiger partial charge is 0.351 e. The van der Waals surface area contributed by atoms with Crippen LogP contribution in [0, 0.1) is 0 Å². The SMILES string of the molecule is CCN(CC)S(=O)(=O)N(CC)CC(=O)NC1CCS(=O)(=O)C1. The summed E-state index contributed by atoms with van der Waals surface area (Å²) in [4.78, 5) is 12.0. The number of nitrogens with zero attached hydrogens (tertiary/aromatic N) is 2. The van der Waals surface area contributed by atoms with Gasteiger partial charge >= 0.3 is 0 Å². The van der Waals surface area contributed by atoms with E-state index in [1.807, 2.05) is 0 Å². The minimum atomic E-state index is -3.68. The van der Waals surface area contributed by atoms with Crippen LogP contribution in [0.5, 0.6) is 0 Å². The van der Waals surface area contributed by atoms with E-state index in [1.54, 1.807) is 20.8 Å². The first-order valence-electron chi connectivity index (χ1n) is 7.41. The number of nitrogens with one attached hydrogen (secondary N) is 1. The Morgan fingerprint density at radius 2 is 1.68 bits per heavy atom. The second kappa shape index (κ2) is 7.71. The molecule has 0 aromatic carbocycles. The van der Waals surface area contributed by atoms with Gasteiger partial charge in [0.15, 0.2) is 9.84 Å². The Bertz CT molecular complexity index is 584. The second-order valence-corrected chi connectivity index (χ2v) is 9.34. The van der Waals surface area contributed by atoms with Crippen LogP contribution in [0.2, 0.25) is 0 Å². The summed E-state index contributed by atoms with van der Waals surface area (Å²) in [6.45, 7) is 5.67. The van der Waals surface area contributed by atoms with Gasteiger partial charge in [0.1, 0.15) is 0 Å². The van der Waals surface area contributed by atoms with Gasteiger partial charge in [-0.15, -0.1) is 0 Å². The smallest absolute Gasteiger partial charge is 0.282 e. The molecule has 0 aromatic rings. The predicted molar refractivity (Wildman–Crippen MR) is 84.3 cm³/mol. The van der Waals surface area contributed by atoms with Crippen LogP contribution < -0.4 is 5.32 Å². The lowest BCUT2D eigenvalue weighted by molar-refractivity contribution is -0.121. The Morgan fingerprint density at radius 3 is 2.09 bits per heavy atom. The number of rotatable bonds is 8. The average molecular weight is 355 g/mol. The third kappa shape index (κ3) is 4.90. The van der Waals surface area contributed by atoms with E-state index in [1.165, 1.54) is 4.31 Å². The van der Waals surface area contributed by atoms with Crippen LogP contribution in [0.3, 0.4) is 0 Å². The zero-order valence-electron chi connectivity index (χ0n) is 13.3. The third-order valence-corrected chi connectivity index (χ3v) is 7.61. The topological polar surface area (TPSA) is 104 Å². The van der Waals surface area contributed by atoms with Gasteiger partial charge in [-0.3, -0.25) is 4.79 Å². The number of amides is 1. The molecule has 1 fully saturated rings. The monoisotopic (exact) mass is 355 g/mol. The molecule has 10 heteroatoms. The normalized spacial score (nSPS) is 21.4. The first kappa shape index (κ1) is 19.3. The molecule has 1 aliphatic rings. The first-order chi connectivity index (χ1) is 10.2. The van der Waals surface area contributed by atoms with E-state index in [0.717, 1.165) is 4.31 Å². The summed E-state index contributed by atoms with van der Waals surface area (Å²) in [6.07, 6.45) is 0.378. The van der Waals surface area contributed by atoms with Gasteiger partial charge in [0.25, 0.3) is 10.2 Å². The Kier molecular flexibility index (Phi) is 6.78. The van der Waals surface area contributed by atoms with Crippen LogP contribution in [0.1, 0.15) is 27.2 Å². The van der Waals surface area contributed by atoms with Gasteiger partial charge in [-0.05, 0) is 6.42 Å². The van der Waals surface area contributed by atoms with E-state index >= 15 is 0 Å². The van der Waals surface area contributed by atoms with Crippen LogP contribution in [-0.4, -0.2) is 75.1 Å². The molecule has 1 aliphatic heterocycles. The van der Waals surface area contributed by atoms with Gasteiger partial charge in [-0.1, -0.05) is 20.8 Å². The van der Waals surface area contributed by atoms with Crippen molar-refractivity contribution in [3.8, 4) is 0 Å². The van der Waals surface area contributed by atoms with Crippen molar-refractivity contribution in [2.24, 2.45) is 0 Å². The maximum Gasteiger partial charge on any atom is 0.282 e. The molecule has 0 saturated carbocycles. The molecule has 130 valence electrons. The van der Waals surface area contributed by atoms with Crippen LogP contribution in [0.4, 0.5) is 0 Å². The number of sulfone groups is 1. The molecule has 0 spiro atoms. The molecule has 1 atom stereocenters. The molecule has 1 rings (SSSR count). The van der Waals surface area contributed by atoms with Gasteiger partial charge < -0.3 is 5.32 Å². The lowest BCUT2D eigenvalue weighted by Gasteiger charge is -2.27. The van der Waals surface area contributed by atoms with Gasteiger partial charge in [0.05, 0.1) is 18.1 Å². The van der Waals surface area contributed by atoms with E-state index in [2.05, 4.69) is 5.32 Å². The zero-order chi connectivity index (χ0) is 17.0. The molecule has 1 amide bonds. The second-order valence-electron chi connectivity index (χ2n) is 5.19.